The van der Waals surface area contributed by atoms with Crippen LogP contribution >= 0.6 is 11.8 Å². The molecular weight excluding hydrogens is 550 g/mol. The predicted octanol–water partition coefficient (Wildman–Crippen LogP) is 2.88. The van der Waals surface area contributed by atoms with Gasteiger partial charge in [-0.15, -0.1) is 11.8 Å². The maximum Gasteiger partial charge on any atom is 0.510 e. The minimum absolute atomic E-state index is 0.0476. The zero-order chi connectivity index (χ0) is 28.1. The van der Waals surface area contributed by atoms with Gasteiger partial charge in [-0.25, -0.2) is 4.79 Å². The molecule has 2 atom stereocenters. The molecule has 1 aromatic heterocycles. The Bertz CT molecular complexity index is 1540. The van der Waals surface area contributed by atoms with Crippen molar-refractivity contribution < 1.29 is 33.3 Å². The van der Waals surface area contributed by atoms with Gasteiger partial charge in [0.25, 0.3) is 5.91 Å². The van der Waals surface area contributed by atoms with Crippen LogP contribution in [0.15, 0.2) is 70.5 Å². The molecule has 0 aliphatic carbocycles. The summed E-state index contributed by atoms with van der Waals surface area (Å²) in [5.74, 6) is 0.203. The molecule has 12 heteroatoms. The molecule has 4 aliphatic heterocycles. The average Bonchev–Trinajstić information content (AvgIpc) is 3.14. The fourth-order valence-electron chi connectivity index (χ4n) is 5.92. The number of aromatic nitrogens is 1. The van der Waals surface area contributed by atoms with Crippen LogP contribution in [-0.4, -0.2) is 73.7 Å². The smallest absolute Gasteiger partial charge is 0.451 e. The molecule has 3 aromatic rings. The highest BCUT2D eigenvalue weighted by Gasteiger charge is 2.54. The zero-order valence-electron chi connectivity index (χ0n) is 22.2. The average molecular weight is 578 g/mol. The Morgan fingerprint density at radius 2 is 1.85 bits per heavy atom. The lowest BCUT2D eigenvalue weighted by atomic mass is 9.92. The van der Waals surface area contributed by atoms with Crippen LogP contribution in [-0.2, 0) is 24.7 Å². The largest absolute Gasteiger partial charge is 0.510 e. The number of carbonyl (C=O) groups excluding carboxylic acids is 2. The first-order valence-corrected chi connectivity index (χ1v) is 14.2. The zero-order valence-corrected chi connectivity index (χ0v) is 23.0. The Morgan fingerprint density at radius 1 is 1.07 bits per heavy atom. The number of morpholine rings is 1. The lowest BCUT2D eigenvalue weighted by molar-refractivity contribution is -0.245. The van der Waals surface area contributed by atoms with Crippen LogP contribution < -0.4 is 15.2 Å². The third-order valence-corrected chi connectivity index (χ3v) is 9.04. The van der Waals surface area contributed by atoms with Crippen molar-refractivity contribution in [1.82, 2.24) is 9.58 Å². The lowest BCUT2D eigenvalue weighted by Gasteiger charge is -2.57. The Labute approximate surface area is 239 Å². The molecule has 0 N–H and O–H groups in total. The molecule has 5 heterocycles. The molecule has 4 aliphatic rings. The number of ether oxygens (including phenoxy) is 5. The number of fused-ring (bicyclic) bond motifs is 4. The van der Waals surface area contributed by atoms with Crippen molar-refractivity contribution in [3.8, 4) is 5.75 Å². The van der Waals surface area contributed by atoms with Crippen molar-refractivity contribution >= 4 is 23.8 Å². The van der Waals surface area contributed by atoms with Gasteiger partial charge in [-0.1, -0.05) is 42.5 Å². The number of pyridine rings is 1. The number of rotatable bonds is 4. The van der Waals surface area contributed by atoms with Gasteiger partial charge in [0.2, 0.25) is 18.0 Å². The first-order chi connectivity index (χ1) is 20.0. The molecule has 0 saturated carbocycles. The number of methoxy groups -OCH3 is 1. The fraction of sp³-hybridized carbons (Fsp3) is 0.345. The molecule has 1 spiro atoms. The van der Waals surface area contributed by atoms with Crippen molar-refractivity contribution in [3.63, 3.8) is 0 Å². The number of carbonyl (C=O) groups is 2. The molecule has 1 amide bonds. The summed E-state index contributed by atoms with van der Waals surface area (Å²) in [5, 5.41) is 2.10. The normalized spacial score (nSPS) is 21.9. The number of benzene rings is 2. The first-order valence-electron chi connectivity index (χ1n) is 13.2. The van der Waals surface area contributed by atoms with Gasteiger partial charge in [-0.2, -0.15) is 0 Å². The third-order valence-electron chi connectivity index (χ3n) is 7.90. The van der Waals surface area contributed by atoms with Gasteiger partial charge in [-0.05, 0) is 22.8 Å². The second kappa shape index (κ2) is 10.1. The molecule has 212 valence electrons. The molecule has 2 fully saturated rings. The number of hydrogen-bond donors (Lipinski definition) is 0. The maximum absolute atomic E-state index is 14.2. The second-order valence-corrected chi connectivity index (χ2v) is 11.3. The van der Waals surface area contributed by atoms with Crippen molar-refractivity contribution in [2.75, 3.05) is 45.3 Å². The molecule has 0 bridgehead atoms. The van der Waals surface area contributed by atoms with Gasteiger partial charge in [0.05, 0.1) is 39.5 Å². The standard InChI is InChI=1S/C29H27N3O8S/c1-36-28(35)39-17-38-26-21(33)10-11-31-25(26)27(34)30-14-29(15-37-16-29)40-12-23(30)32(31)24-19-7-3-2-6-18(19)13-41-22-9-5-4-8-20(22)24/h2-11,23-24H,12-17H2,1H3/t23-,24+/m1/s1. The highest BCUT2D eigenvalue weighted by atomic mass is 32.2. The summed E-state index contributed by atoms with van der Waals surface area (Å²) in [4.78, 5) is 41.8. The van der Waals surface area contributed by atoms with Crippen LogP contribution in [0, 0.1) is 0 Å². The third kappa shape index (κ3) is 4.25. The fourth-order valence-corrected chi connectivity index (χ4v) is 7.01. The Morgan fingerprint density at radius 3 is 2.63 bits per heavy atom. The number of amides is 1. The number of hydrogen-bond acceptors (Lipinski definition) is 10. The van der Waals surface area contributed by atoms with E-state index in [0.717, 1.165) is 21.8 Å². The number of nitrogens with zero attached hydrogens (tertiary/aromatic N) is 3. The van der Waals surface area contributed by atoms with Crippen LogP contribution in [0.5, 0.6) is 5.75 Å². The van der Waals surface area contributed by atoms with E-state index in [-0.39, 0.29) is 30.0 Å². The maximum atomic E-state index is 14.2. The van der Waals surface area contributed by atoms with E-state index >= 15 is 0 Å². The molecule has 0 unspecified atom stereocenters. The van der Waals surface area contributed by atoms with E-state index in [1.807, 2.05) is 24.3 Å². The monoisotopic (exact) mass is 577 g/mol. The minimum atomic E-state index is -0.966. The van der Waals surface area contributed by atoms with E-state index in [4.69, 9.17) is 18.9 Å². The van der Waals surface area contributed by atoms with E-state index in [1.54, 1.807) is 27.5 Å². The molecule has 41 heavy (non-hydrogen) atoms. The second-order valence-electron chi connectivity index (χ2n) is 10.3. The molecule has 2 saturated heterocycles. The van der Waals surface area contributed by atoms with Crippen LogP contribution in [0.2, 0.25) is 0 Å². The minimum Gasteiger partial charge on any atom is -0.451 e. The number of thioether (sulfide) groups is 1. The summed E-state index contributed by atoms with van der Waals surface area (Å²) in [6, 6.07) is 17.5. The van der Waals surface area contributed by atoms with Gasteiger partial charge in [0.15, 0.2) is 5.69 Å². The van der Waals surface area contributed by atoms with Gasteiger partial charge >= 0.3 is 6.16 Å². The van der Waals surface area contributed by atoms with Gasteiger partial charge in [0.1, 0.15) is 11.8 Å². The van der Waals surface area contributed by atoms with Crippen LogP contribution in [0.3, 0.4) is 0 Å². The molecule has 0 radical (unpaired) electrons. The molecular formula is C29H27N3O8S. The summed E-state index contributed by atoms with van der Waals surface area (Å²) in [5.41, 5.74) is 2.28. The summed E-state index contributed by atoms with van der Waals surface area (Å²) in [6.07, 6.45) is 0.144. The van der Waals surface area contributed by atoms with Gasteiger partial charge < -0.3 is 28.6 Å². The van der Waals surface area contributed by atoms with Gasteiger partial charge in [-0.3, -0.25) is 19.3 Å². The topological polar surface area (TPSA) is 109 Å². The molecule has 7 rings (SSSR count). The van der Waals surface area contributed by atoms with Gasteiger partial charge in [0, 0.05) is 22.9 Å². The highest BCUT2D eigenvalue weighted by molar-refractivity contribution is 7.98. The van der Waals surface area contributed by atoms with Crippen LogP contribution in [0.1, 0.15) is 33.2 Å². The predicted molar refractivity (Wildman–Crippen MR) is 147 cm³/mol. The van der Waals surface area contributed by atoms with E-state index in [1.165, 1.54) is 18.7 Å². The summed E-state index contributed by atoms with van der Waals surface area (Å²) >= 11 is 1.77. The van der Waals surface area contributed by atoms with E-state index in [0.29, 0.717) is 19.8 Å². The highest BCUT2D eigenvalue weighted by Crippen LogP contribution is 2.45. The lowest BCUT2D eigenvalue weighted by Crippen LogP contribution is -2.73. The first kappa shape index (κ1) is 25.9. The Hall–Kier alpha value is -4.00. The van der Waals surface area contributed by atoms with Crippen molar-refractivity contribution in [2.45, 2.75) is 28.5 Å². The van der Waals surface area contributed by atoms with Crippen molar-refractivity contribution in [2.24, 2.45) is 0 Å². The summed E-state index contributed by atoms with van der Waals surface area (Å²) in [6.45, 7) is 0.706. The summed E-state index contributed by atoms with van der Waals surface area (Å²) < 4.78 is 28.6. The van der Waals surface area contributed by atoms with E-state index < -0.39 is 30.1 Å². The van der Waals surface area contributed by atoms with E-state index in [2.05, 4.69) is 34.0 Å². The molecule has 2 aromatic carbocycles. The van der Waals surface area contributed by atoms with Crippen LogP contribution in [0.25, 0.3) is 0 Å². The van der Waals surface area contributed by atoms with Crippen molar-refractivity contribution in [1.29, 1.82) is 0 Å². The molecule has 11 nitrogen and oxygen atoms in total. The van der Waals surface area contributed by atoms with Crippen LogP contribution in [0.4, 0.5) is 4.79 Å². The van der Waals surface area contributed by atoms with Crippen molar-refractivity contribution in [3.05, 3.63) is 93.4 Å². The Balaban J connectivity index is 1.42. The summed E-state index contributed by atoms with van der Waals surface area (Å²) in [7, 11) is 1.17. The van der Waals surface area contributed by atoms with E-state index in [9.17, 15) is 14.4 Å². The SMILES string of the molecule is COC(=O)OCOc1c2n(ccc1=O)N([C@H]1c3ccccc3CSc3ccccc31)[C@@H]1COC3(COC3)CN1C2=O. The Kier molecular flexibility index (Phi) is 6.40. The quantitative estimate of drug-likeness (QED) is 0.339.